The van der Waals surface area contributed by atoms with Crippen molar-refractivity contribution in [1.82, 2.24) is 15.5 Å². The van der Waals surface area contributed by atoms with Crippen LogP contribution in [0.2, 0.25) is 0 Å². The van der Waals surface area contributed by atoms with Crippen molar-refractivity contribution in [3.8, 4) is 0 Å². The Bertz CT molecular complexity index is 398. The second-order valence-corrected chi connectivity index (χ2v) is 4.72. The van der Waals surface area contributed by atoms with E-state index in [1.165, 1.54) is 0 Å². The molecular formula is C11H15F2N3O3. The van der Waals surface area contributed by atoms with Crippen molar-refractivity contribution < 1.29 is 23.2 Å². The molecule has 2 rings (SSSR count). The number of rotatable bonds is 4. The standard InChI is InChI=1S/C11H15F2N3O3/c12-11(13)5-7(15-6-11)10(19)14-3-4-16-8(17)1-2-9(16)18/h7,15H,1-6H2,(H,14,19). The van der Waals surface area contributed by atoms with Crippen LogP contribution < -0.4 is 10.6 Å². The molecule has 2 aliphatic rings. The van der Waals surface area contributed by atoms with Crippen LogP contribution in [-0.2, 0) is 14.4 Å². The summed E-state index contributed by atoms with van der Waals surface area (Å²) in [6.45, 7) is -0.333. The van der Waals surface area contributed by atoms with Gasteiger partial charge in [0.1, 0.15) is 0 Å². The van der Waals surface area contributed by atoms with E-state index < -0.39 is 30.8 Å². The number of halogens is 2. The second-order valence-electron chi connectivity index (χ2n) is 4.72. The van der Waals surface area contributed by atoms with Crippen molar-refractivity contribution >= 4 is 17.7 Å². The molecule has 0 bridgehead atoms. The summed E-state index contributed by atoms with van der Waals surface area (Å²) in [4.78, 5) is 35.2. The Labute approximate surface area is 108 Å². The Morgan fingerprint density at radius 2 is 2.00 bits per heavy atom. The smallest absolute Gasteiger partial charge is 0.262 e. The number of amides is 3. The molecular weight excluding hydrogens is 260 g/mol. The van der Waals surface area contributed by atoms with E-state index in [1.807, 2.05) is 0 Å². The average molecular weight is 275 g/mol. The lowest BCUT2D eigenvalue weighted by Crippen LogP contribution is -2.44. The number of nitrogens with one attached hydrogen (secondary N) is 2. The third kappa shape index (κ3) is 3.25. The van der Waals surface area contributed by atoms with Gasteiger partial charge in [0.05, 0.1) is 12.6 Å². The van der Waals surface area contributed by atoms with E-state index in [0.29, 0.717) is 0 Å². The largest absolute Gasteiger partial charge is 0.353 e. The molecule has 1 unspecified atom stereocenters. The zero-order valence-electron chi connectivity index (χ0n) is 10.2. The highest BCUT2D eigenvalue weighted by molar-refractivity contribution is 6.01. The van der Waals surface area contributed by atoms with Crippen LogP contribution in [-0.4, -0.2) is 54.2 Å². The van der Waals surface area contributed by atoms with Gasteiger partial charge in [-0.1, -0.05) is 0 Å². The molecule has 0 radical (unpaired) electrons. The predicted molar refractivity (Wildman–Crippen MR) is 60.3 cm³/mol. The molecule has 106 valence electrons. The highest BCUT2D eigenvalue weighted by Gasteiger charge is 2.42. The van der Waals surface area contributed by atoms with E-state index in [4.69, 9.17) is 0 Å². The van der Waals surface area contributed by atoms with Crippen LogP contribution in [0.5, 0.6) is 0 Å². The fraction of sp³-hybridized carbons (Fsp3) is 0.727. The highest BCUT2D eigenvalue weighted by atomic mass is 19.3. The van der Waals surface area contributed by atoms with Gasteiger partial charge in [0, 0.05) is 32.4 Å². The maximum absolute atomic E-state index is 12.9. The third-order valence-electron chi connectivity index (χ3n) is 3.22. The summed E-state index contributed by atoms with van der Waals surface area (Å²) in [5.74, 6) is -3.91. The van der Waals surface area contributed by atoms with Crippen molar-refractivity contribution in [2.24, 2.45) is 0 Å². The monoisotopic (exact) mass is 275 g/mol. The predicted octanol–water partition coefficient (Wildman–Crippen LogP) is -0.751. The van der Waals surface area contributed by atoms with E-state index in [9.17, 15) is 23.2 Å². The molecule has 0 aliphatic carbocycles. The zero-order chi connectivity index (χ0) is 14.0. The molecule has 0 saturated carbocycles. The van der Waals surface area contributed by atoms with Crippen molar-refractivity contribution in [3.63, 3.8) is 0 Å². The van der Waals surface area contributed by atoms with E-state index in [0.717, 1.165) is 4.90 Å². The maximum atomic E-state index is 12.9. The summed E-state index contributed by atoms with van der Waals surface area (Å²) in [5.41, 5.74) is 0. The van der Waals surface area contributed by atoms with Crippen molar-refractivity contribution in [2.75, 3.05) is 19.6 Å². The fourth-order valence-corrected chi connectivity index (χ4v) is 2.19. The SMILES string of the molecule is O=C(NCCN1C(=O)CCC1=O)C1CC(F)(F)CN1. The summed E-state index contributed by atoms with van der Waals surface area (Å²) in [7, 11) is 0. The number of imide groups is 1. The quantitative estimate of drug-likeness (QED) is 0.662. The second kappa shape index (κ2) is 5.20. The van der Waals surface area contributed by atoms with Crippen molar-refractivity contribution in [3.05, 3.63) is 0 Å². The summed E-state index contributed by atoms with van der Waals surface area (Å²) < 4.78 is 25.8. The van der Waals surface area contributed by atoms with E-state index in [2.05, 4.69) is 10.6 Å². The van der Waals surface area contributed by atoms with Gasteiger partial charge in [-0.15, -0.1) is 0 Å². The highest BCUT2D eigenvalue weighted by Crippen LogP contribution is 2.24. The molecule has 0 spiro atoms. The van der Waals surface area contributed by atoms with Crippen molar-refractivity contribution in [1.29, 1.82) is 0 Å². The van der Waals surface area contributed by atoms with Crippen LogP contribution >= 0.6 is 0 Å². The Kier molecular flexibility index (Phi) is 3.79. The summed E-state index contributed by atoms with van der Waals surface area (Å²) in [6.07, 6.45) is -0.132. The number of carbonyl (C=O) groups is 3. The minimum Gasteiger partial charge on any atom is -0.353 e. The lowest BCUT2D eigenvalue weighted by molar-refractivity contribution is -0.138. The van der Waals surface area contributed by atoms with Crippen LogP contribution in [0.4, 0.5) is 8.78 Å². The lowest BCUT2D eigenvalue weighted by atomic mass is 10.2. The molecule has 2 fully saturated rings. The molecule has 0 aromatic carbocycles. The summed E-state index contributed by atoms with van der Waals surface area (Å²) in [6, 6.07) is -0.917. The number of nitrogens with zero attached hydrogens (tertiary/aromatic N) is 1. The van der Waals surface area contributed by atoms with Crippen LogP contribution in [0.3, 0.4) is 0 Å². The first-order valence-corrected chi connectivity index (χ1v) is 6.11. The van der Waals surface area contributed by atoms with Crippen LogP contribution in [0.1, 0.15) is 19.3 Å². The van der Waals surface area contributed by atoms with Crippen LogP contribution in [0.25, 0.3) is 0 Å². The van der Waals surface area contributed by atoms with Gasteiger partial charge in [-0.2, -0.15) is 0 Å². The molecule has 0 aromatic rings. The van der Waals surface area contributed by atoms with Crippen LogP contribution in [0.15, 0.2) is 0 Å². The number of alkyl halides is 2. The van der Waals surface area contributed by atoms with Crippen molar-refractivity contribution in [2.45, 2.75) is 31.2 Å². The first kappa shape index (κ1) is 13.9. The van der Waals surface area contributed by atoms with E-state index in [1.54, 1.807) is 0 Å². The maximum Gasteiger partial charge on any atom is 0.262 e. The first-order chi connectivity index (χ1) is 8.89. The molecule has 0 aromatic heterocycles. The fourth-order valence-electron chi connectivity index (χ4n) is 2.19. The number of carbonyl (C=O) groups excluding carboxylic acids is 3. The molecule has 19 heavy (non-hydrogen) atoms. The van der Waals surface area contributed by atoms with Gasteiger partial charge >= 0.3 is 0 Å². The van der Waals surface area contributed by atoms with E-state index in [-0.39, 0.29) is 37.7 Å². The third-order valence-corrected chi connectivity index (χ3v) is 3.22. The van der Waals surface area contributed by atoms with Gasteiger partial charge in [0.15, 0.2) is 0 Å². The number of hydrogen-bond donors (Lipinski definition) is 2. The molecule has 8 heteroatoms. The molecule has 2 heterocycles. The molecule has 6 nitrogen and oxygen atoms in total. The van der Waals surface area contributed by atoms with Crippen LogP contribution in [0, 0.1) is 0 Å². The Morgan fingerprint density at radius 3 is 2.53 bits per heavy atom. The van der Waals surface area contributed by atoms with E-state index >= 15 is 0 Å². The average Bonchev–Trinajstić information content (AvgIpc) is 2.85. The molecule has 2 N–H and O–H groups in total. The molecule has 1 atom stereocenters. The van der Waals surface area contributed by atoms with Gasteiger partial charge in [-0.05, 0) is 0 Å². The Morgan fingerprint density at radius 1 is 1.37 bits per heavy atom. The van der Waals surface area contributed by atoms with Gasteiger partial charge in [0.2, 0.25) is 17.7 Å². The molecule has 2 aliphatic heterocycles. The normalized spacial score (nSPS) is 26.0. The number of likely N-dealkylation sites (tertiary alicyclic amines) is 1. The summed E-state index contributed by atoms with van der Waals surface area (Å²) in [5, 5.41) is 4.88. The Balaban J connectivity index is 1.73. The van der Waals surface area contributed by atoms with Gasteiger partial charge in [0.25, 0.3) is 5.92 Å². The minimum atomic E-state index is -2.86. The van der Waals surface area contributed by atoms with Gasteiger partial charge in [-0.3, -0.25) is 24.6 Å². The molecule has 3 amide bonds. The number of hydrogen-bond acceptors (Lipinski definition) is 4. The Hall–Kier alpha value is -1.57. The summed E-state index contributed by atoms with van der Waals surface area (Å²) >= 11 is 0. The molecule has 2 saturated heterocycles. The minimum absolute atomic E-state index is 0.0834. The van der Waals surface area contributed by atoms with Gasteiger partial charge < -0.3 is 5.32 Å². The zero-order valence-corrected chi connectivity index (χ0v) is 10.2. The topological polar surface area (TPSA) is 78.5 Å². The lowest BCUT2D eigenvalue weighted by Gasteiger charge is -2.15. The van der Waals surface area contributed by atoms with Gasteiger partial charge in [-0.25, -0.2) is 8.78 Å². The first-order valence-electron chi connectivity index (χ1n) is 6.11.